The van der Waals surface area contributed by atoms with Gasteiger partial charge < -0.3 is 25.2 Å². The van der Waals surface area contributed by atoms with Crippen molar-refractivity contribution >= 4 is 29.1 Å². The summed E-state index contributed by atoms with van der Waals surface area (Å²) in [5.74, 6) is -1.18. The number of carbonyl (C=O) groups excluding carboxylic acids is 3. The Morgan fingerprint density at radius 3 is 2.53 bits per heavy atom. The zero-order chi connectivity index (χ0) is 22.7. The maximum atomic E-state index is 13.5. The van der Waals surface area contributed by atoms with Crippen LogP contribution >= 0.6 is 0 Å². The minimum absolute atomic E-state index is 0.0170. The van der Waals surface area contributed by atoms with Crippen molar-refractivity contribution < 1.29 is 23.5 Å². The van der Waals surface area contributed by atoms with Gasteiger partial charge in [-0.2, -0.15) is 0 Å². The number of hydrogen-bond acceptors (Lipinski definition) is 5. The highest BCUT2D eigenvalue weighted by Gasteiger charge is 2.34. The number of benzene rings is 2. The van der Waals surface area contributed by atoms with E-state index in [2.05, 4.69) is 10.6 Å². The second kappa shape index (κ2) is 9.46. The van der Waals surface area contributed by atoms with E-state index in [9.17, 15) is 18.8 Å². The summed E-state index contributed by atoms with van der Waals surface area (Å²) in [6, 6.07) is 10.0. The Hall–Kier alpha value is -3.30. The van der Waals surface area contributed by atoms with Crippen LogP contribution in [0.3, 0.4) is 0 Å². The van der Waals surface area contributed by atoms with Gasteiger partial charge in [-0.3, -0.25) is 14.4 Å². The van der Waals surface area contributed by atoms with Crippen molar-refractivity contribution in [1.29, 1.82) is 0 Å². The maximum absolute atomic E-state index is 13.5. The fourth-order valence-corrected chi connectivity index (χ4v) is 4.12. The lowest BCUT2D eigenvalue weighted by atomic mass is 10.0. The fourth-order valence-electron chi connectivity index (χ4n) is 4.12. The van der Waals surface area contributed by atoms with E-state index >= 15 is 0 Å². The highest BCUT2D eigenvalue weighted by atomic mass is 19.1. The first kappa shape index (κ1) is 21.9. The first-order valence-corrected chi connectivity index (χ1v) is 10.5. The molecule has 2 aliphatic rings. The van der Waals surface area contributed by atoms with Gasteiger partial charge in [0, 0.05) is 38.9 Å². The van der Waals surface area contributed by atoms with E-state index in [1.807, 2.05) is 0 Å². The van der Waals surface area contributed by atoms with Crippen LogP contribution in [0.1, 0.15) is 28.4 Å². The quantitative estimate of drug-likeness (QED) is 0.758. The molecule has 2 aliphatic heterocycles. The standard InChI is InChI=1S/C23H25FN4O4/c1-32-14-22(30)28-19-7-4-16(23(31)27-10-8-25-9-11-27)12-18(19)26-21(29)13-20(28)15-2-5-17(24)6-3-15/h2-7,12,20,25H,8-11,13-14H2,1H3,(H,26,29). The van der Waals surface area contributed by atoms with E-state index in [0.29, 0.717) is 35.6 Å². The Labute approximate surface area is 185 Å². The number of halogens is 1. The van der Waals surface area contributed by atoms with Crippen LogP contribution in [-0.2, 0) is 14.3 Å². The van der Waals surface area contributed by atoms with Crippen LogP contribution in [0.5, 0.6) is 0 Å². The van der Waals surface area contributed by atoms with Crippen molar-refractivity contribution in [2.24, 2.45) is 0 Å². The molecule has 8 nitrogen and oxygen atoms in total. The lowest BCUT2D eigenvalue weighted by Gasteiger charge is -2.31. The fraction of sp³-hybridized carbons (Fsp3) is 0.348. The van der Waals surface area contributed by atoms with E-state index < -0.39 is 11.9 Å². The second-order valence-corrected chi connectivity index (χ2v) is 7.79. The van der Waals surface area contributed by atoms with Gasteiger partial charge in [0.05, 0.1) is 23.8 Å². The average molecular weight is 440 g/mol. The van der Waals surface area contributed by atoms with E-state index in [1.54, 1.807) is 35.2 Å². The molecule has 0 spiro atoms. The van der Waals surface area contributed by atoms with Crippen LogP contribution in [-0.4, -0.2) is 62.5 Å². The lowest BCUT2D eigenvalue weighted by molar-refractivity contribution is -0.122. The Bertz CT molecular complexity index is 1020. The van der Waals surface area contributed by atoms with Gasteiger partial charge in [0.2, 0.25) is 5.91 Å². The largest absolute Gasteiger partial charge is 0.375 e. The van der Waals surface area contributed by atoms with Gasteiger partial charge in [-0.25, -0.2) is 4.39 Å². The molecular formula is C23H25FN4O4. The van der Waals surface area contributed by atoms with Crippen molar-refractivity contribution in [3.63, 3.8) is 0 Å². The van der Waals surface area contributed by atoms with Crippen molar-refractivity contribution in [2.45, 2.75) is 12.5 Å². The molecule has 0 bridgehead atoms. The number of anilines is 2. The molecule has 2 aromatic carbocycles. The Morgan fingerprint density at radius 2 is 1.84 bits per heavy atom. The number of hydrogen-bond donors (Lipinski definition) is 2. The number of amides is 3. The highest BCUT2D eigenvalue weighted by molar-refractivity contribution is 6.07. The number of nitrogens with zero attached hydrogens (tertiary/aromatic N) is 2. The molecule has 3 amide bonds. The molecule has 4 rings (SSSR count). The molecule has 1 unspecified atom stereocenters. The Kier molecular flexibility index (Phi) is 6.48. The normalized spacial score (nSPS) is 18.6. The minimum atomic E-state index is -0.644. The molecule has 1 saturated heterocycles. The summed E-state index contributed by atoms with van der Waals surface area (Å²) >= 11 is 0. The third-order valence-corrected chi connectivity index (χ3v) is 5.66. The first-order chi connectivity index (χ1) is 15.5. The van der Waals surface area contributed by atoms with E-state index in [4.69, 9.17) is 4.74 Å². The molecular weight excluding hydrogens is 415 g/mol. The number of fused-ring (bicyclic) bond motifs is 1. The summed E-state index contributed by atoms with van der Waals surface area (Å²) in [6.45, 7) is 2.48. The third-order valence-electron chi connectivity index (χ3n) is 5.66. The van der Waals surface area contributed by atoms with Crippen molar-refractivity contribution in [2.75, 3.05) is 50.1 Å². The summed E-state index contributed by atoms with van der Waals surface area (Å²) in [5, 5.41) is 6.04. The lowest BCUT2D eigenvalue weighted by Crippen LogP contribution is -2.46. The number of carbonyl (C=O) groups is 3. The zero-order valence-corrected chi connectivity index (χ0v) is 17.8. The van der Waals surface area contributed by atoms with Crippen LogP contribution in [0.15, 0.2) is 42.5 Å². The summed E-state index contributed by atoms with van der Waals surface area (Å²) in [7, 11) is 1.42. The summed E-state index contributed by atoms with van der Waals surface area (Å²) < 4.78 is 18.5. The number of nitrogens with one attached hydrogen (secondary N) is 2. The number of piperazine rings is 1. The summed E-state index contributed by atoms with van der Waals surface area (Å²) in [6.07, 6.45) is -0.0170. The zero-order valence-electron chi connectivity index (χ0n) is 17.8. The van der Waals surface area contributed by atoms with Crippen LogP contribution in [0, 0.1) is 5.82 Å². The van der Waals surface area contributed by atoms with E-state index in [0.717, 1.165) is 13.1 Å². The molecule has 0 radical (unpaired) electrons. The van der Waals surface area contributed by atoms with Crippen molar-refractivity contribution in [1.82, 2.24) is 10.2 Å². The van der Waals surface area contributed by atoms with Crippen molar-refractivity contribution in [3.8, 4) is 0 Å². The SMILES string of the molecule is COCC(=O)N1c2ccc(C(=O)N3CCNCC3)cc2NC(=O)CC1c1ccc(F)cc1. The van der Waals surface area contributed by atoms with Crippen LogP contribution in [0.2, 0.25) is 0 Å². The molecule has 0 aromatic heterocycles. The summed E-state index contributed by atoms with van der Waals surface area (Å²) in [5.41, 5.74) is 1.90. The minimum Gasteiger partial charge on any atom is -0.375 e. The molecule has 2 N–H and O–H groups in total. The average Bonchev–Trinajstić information content (AvgIpc) is 2.95. The van der Waals surface area contributed by atoms with Gasteiger partial charge in [0.1, 0.15) is 12.4 Å². The molecule has 2 heterocycles. The molecule has 2 aromatic rings. The van der Waals surface area contributed by atoms with Gasteiger partial charge in [-0.15, -0.1) is 0 Å². The molecule has 1 atom stereocenters. The smallest absolute Gasteiger partial charge is 0.254 e. The topological polar surface area (TPSA) is 91.0 Å². The highest BCUT2D eigenvalue weighted by Crippen LogP contribution is 2.39. The van der Waals surface area contributed by atoms with Crippen LogP contribution in [0.4, 0.5) is 15.8 Å². The van der Waals surface area contributed by atoms with E-state index in [-0.39, 0.29) is 30.7 Å². The van der Waals surface area contributed by atoms with Crippen LogP contribution in [0.25, 0.3) is 0 Å². The Balaban J connectivity index is 1.74. The van der Waals surface area contributed by atoms with Gasteiger partial charge in [0.25, 0.3) is 11.8 Å². The maximum Gasteiger partial charge on any atom is 0.254 e. The monoisotopic (exact) mass is 440 g/mol. The number of rotatable bonds is 4. The molecule has 1 fully saturated rings. The molecule has 9 heteroatoms. The second-order valence-electron chi connectivity index (χ2n) is 7.79. The number of methoxy groups -OCH3 is 1. The van der Waals surface area contributed by atoms with Crippen molar-refractivity contribution in [3.05, 3.63) is 59.4 Å². The van der Waals surface area contributed by atoms with Gasteiger partial charge >= 0.3 is 0 Å². The molecule has 0 aliphatic carbocycles. The predicted octanol–water partition coefficient (Wildman–Crippen LogP) is 1.93. The summed E-state index contributed by atoms with van der Waals surface area (Å²) in [4.78, 5) is 42.0. The molecule has 32 heavy (non-hydrogen) atoms. The van der Waals surface area contributed by atoms with Gasteiger partial charge in [-0.1, -0.05) is 12.1 Å². The Morgan fingerprint density at radius 1 is 1.12 bits per heavy atom. The molecule has 0 saturated carbocycles. The van der Waals surface area contributed by atoms with Gasteiger partial charge in [0.15, 0.2) is 0 Å². The number of ether oxygens (including phenoxy) is 1. The third kappa shape index (κ3) is 4.49. The molecule has 168 valence electrons. The van der Waals surface area contributed by atoms with E-state index in [1.165, 1.54) is 24.1 Å². The van der Waals surface area contributed by atoms with Gasteiger partial charge in [-0.05, 0) is 35.9 Å². The van der Waals surface area contributed by atoms with Crippen LogP contribution < -0.4 is 15.5 Å². The predicted molar refractivity (Wildman–Crippen MR) is 117 cm³/mol. The first-order valence-electron chi connectivity index (χ1n) is 10.5.